The third kappa shape index (κ3) is 3.52. The lowest BCUT2D eigenvalue weighted by atomic mass is 9.98. The number of nitrogens with zero attached hydrogens (tertiary/aromatic N) is 1. The standard InChI is InChI=1S/C42H25NO2/c1-4-13-36-35(10-1)40-37(25-24-34-32-9-3-6-15-39(32)45-42(34)40)43(36)29-22-20-27(21-23-29)26-16-18-28(19-17-26)30-11-7-12-33-31-8-2-5-14-38(31)44-41(30)33/h1-25H. The Kier molecular flexibility index (Phi) is 5.00. The first-order valence-electron chi connectivity index (χ1n) is 15.3. The second kappa shape index (κ2) is 9.22. The smallest absolute Gasteiger partial charge is 0.145 e. The van der Waals surface area contributed by atoms with Gasteiger partial charge in [0.25, 0.3) is 0 Å². The van der Waals surface area contributed by atoms with Gasteiger partial charge in [-0.3, -0.25) is 0 Å². The Morgan fingerprint density at radius 3 is 1.64 bits per heavy atom. The Bertz CT molecular complexity index is 2740. The maximum absolute atomic E-state index is 6.46. The summed E-state index contributed by atoms with van der Waals surface area (Å²) in [5, 5.41) is 6.94. The van der Waals surface area contributed by atoms with Crippen molar-refractivity contribution in [3.63, 3.8) is 0 Å². The lowest BCUT2D eigenvalue weighted by Gasteiger charge is -2.10. The van der Waals surface area contributed by atoms with Crippen LogP contribution in [-0.2, 0) is 0 Å². The van der Waals surface area contributed by atoms with Crippen molar-refractivity contribution in [2.24, 2.45) is 0 Å². The van der Waals surface area contributed by atoms with Crippen LogP contribution < -0.4 is 0 Å². The van der Waals surface area contributed by atoms with Gasteiger partial charge in [0.1, 0.15) is 22.3 Å². The van der Waals surface area contributed by atoms with Gasteiger partial charge < -0.3 is 13.4 Å². The molecule has 45 heavy (non-hydrogen) atoms. The highest BCUT2D eigenvalue weighted by Crippen LogP contribution is 2.41. The monoisotopic (exact) mass is 575 g/mol. The fraction of sp³-hybridized carbons (Fsp3) is 0. The molecule has 0 unspecified atom stereocenters. The molecule has 0 spiro atoms. The highest BCUT2D eigenvalue weighted by Gasteiger charge is 2.18. The number of furan rings is 2. The highest BCUT2D eigenvalue weighted by molar-refractivity contribution is 6.23. The fourth-order valence-electron chi connectivity index (χ4n) is 7.13. The van der Waals surface area contributed by atoms with Crippen molar-refractivity contribution >= 4 is 65.7 Å². The molecule has 0 radical (unpaired) electrons. The average molecular weight is 576 g/mol. The molecule has 7 aromatic carbocycles. The van der Waals surface area contributed by atoms with Gasteiger partial charge in [-0.25, -0.2) is 0 Å². The third-order valence-electron chi connectivity index (χ3n) is 9.24. The Balaban J connectivity index is 1.06. The summed E-state index contributed by atoms with van der Waals surface area (Å²) in [5.74, 6) is 0. The summed E-state index contributed by atoms with van der Waals surface area (Å²) >= 11 is 0. The van der Waals surface area contributed by atoms with Gasteiger partial charge in [0.05, 0.1) is 16.4 Å². The van der Waals surface area contributed by atoms with Crippen LogP contribution in [0.3, 0.4) is 0 Å². The van der Waals surface area contributed by atoms with Crippen molar-refractivity contribution < 1.29 is 8.83 Å². The van der Waals surface area contributed by atoms with Crippen LogP contribution >= 0.6 is 0 Å². The van der Waals surface area contributed by atoms with Crippen molar-refractivity contribution in [3.8, 4) is 27.9 Å². The number of fused-ring (bicyclic) bond motifs is 10. The van der Waals surface area contributed by atoms with E-state index in [1.54, 1.807) is 0 Å². The van der Waals surface area contributed by atoms with Gasteiger partial charge in [-0.1, -0.05) is 109 Å². The molecule has 0 amide bonds. The quantitative estimate of drug-likeness (QED) is 0.210. The molecular weight excluding hydrogens is 550 g/mol. The molecule has 0 bridgehead atoms. The van der Waals surface area contributed by atoms with E-state index in [1.165, 1.54) is 16.5 Å². The first-order chi connectivity index (χ1) is 22.3. The number of para-hydroxylation sites is 4. The minimum atomic E-state index is 0.918. The van der Waals surface area contributed by atoms with E-state index in [2.05, 4.69) is 132 Å². The normalized spacial score (nSPS) is 12.0. The molecule has 0 N–H and O–H groups in total. The molecule has 0 aliphatic carbocycles. The van der Waals surface area contributed by atoms with Crippen LogP contribution in [0.25, 0.3) is 93.6 Å². The van der Waals surface area contributed by atoms with Crippen LogP contribution in [0.15, 0.2) is 160 Å². The highest BCUT2D eigenvalue weighted by atomic mass is 16.3. The first-order valence-corrected chi connectivity index (χ1v) is 15.3. The van der Waals surface area contributed by atoms with Gasteiger partial charge in [-0.05, 0) is 59.2 Å². The Labute approximate surface area is 258 Å². The molecule has 0 saturated carbocycles. The SMILES string of the molecule is c1ccc2c(c1)oc1c(-c3ccc(-c4ccc(-n5c6ccccc6c6c7oc8ccccc8c7ccc65)cc4)cc3)cccc12. The zero-order valence-electron chi connectivity index (χ0n) is 24.2. The van der Waals surface area contributed by atoms with Crippen LogP contribution in [0.5, 0.6) is 0 Å². The number of hydrogen-bond donors (Lipinski definition) is 0. The molecule has 3 heteroatoms. The first kappa shape index (κ1) is 24.4. The van der Waals surface area contributed by atoms with E-state index in [9.17, 15) is 0 Å². The molecule has 3 nitrogen and oxygen atoms in total. The summed E-state index contributed by atoms with van der Waals surface area (Å²) in [7, 11) is 0. The molecule has 10 rings (SSSR count). The maximum atomic E-state index is 6.46. The zero-order chi connectivity index (χ0) is 29.5. The Morgan fingerprint density at radius 1 is 0.356 bits per heavy atom. The van der Waals surface area contributed by atoms with Crippen molar-refractivity contribution in [2.75, 3.05) is 0 Å². The van der Waals surface area contributed by atoms with E-state index >= 15 is 0 Å². The van der Waals surface area contributed by atoms with Crippen molar-refractivity contribution in [1.29, 1.82) is 0 Å². The summed E-state index contributed by atoms with van der Waals surface area (Å²) in [6.07, 6.45) is 0. The van der Waals surface area contributed by atoms with Crippen LogP contribution in [0.2, 0.25) is 0 Å². The lowest BCUT2D eigenvalue weighted by Crippen LogP contribution is -1.93. The molecule has 3 heterocycles. The van der Waals surface area contributed by atoms with Crippen LogP contribution in [-0.4, -0.2) is 4.57 Å². The van der Waals surface area contributed by atoms with E-state index in [1.807, 2.05) is 24.3 Å². The minimum Gasteiger partial charge on any atom is -0.455 e. The van der Waals surface area contributed by atoms with E-state index in [4.69, 9.17) is 8.83 Å². The minimum absolute atomic E-state index is 0.918. The maximum Gasteiger partial charge on any atom is 0.145 e. The van der Waals surface area contributed by atoms with Gasteiger partial charge >= 0.3 is 0 Å². The summed E-state index contributed by atoms with van der Waals surface area (Å²) in [4.78, 5) is 0. The summed E-state index contributed by atoms with van der Waals surface area (Å²) < 4.78 is 15.1. The second-order valence-electron chi connectivity index (χ2n) is 11.7. The topological polar surface area (TPSA) is 31.2 Å². The van der Waals surface area contributed by atoms with E-state index < -0.39 is 0 Å². The van der Waals surface area contributed by atoms with Crippen molar-refractivity contribution in [1.82, 2.24) is 4.57 Å². The van der Waals surface area contributed by atoms with Gasteiger partial charge in [0.2, 0.25) is 0 Å². The Morgan fingerprint density at radius 2 is 0.911 bits per heavy atom. The van der Waals surface area contributed by atoms with E-state index in [0.29, 0.717) is 0 Å². The largest absolute Gasteiger partial charge is 0.455 e. The predicted molar refractivity (Wildman–Crippen MR) is 186 cm³/mol. The van der Waals surface area contributed by atoms with Gasteiger partial charge in [0, 0.05) is 38.2 Å². The molecule has 0 aliphatic heterocycles. The molecule has 3 aromatic heterocycles. The van der Waals surface area contributed by atoms with Crippen molar-refractivity contribution in [2.45, 2.75) is 0 Å². The van der Waals surface area contributed by atoms with Crippen molar-refractivity contribution in [3.05, 3.63) is 152 Å². The number of benzene rings is 7. The summed E-state index contributed by atoms with van der Waals surface area (Å²) in [6, 6.07) is 53.6. The summed E-state index contributed by atoms with van der Waals surface area (Å²) in [6.45, 7) is 0. The Hall–Kier alpha value is -6.06. The zero-order valence-corrected chi connectivity index (χ0v) is 24.2. The molecule has 0 saturated heterocycles. The molecule has 10 aromatic rings. The predicted octanol–water partition coefficient (Wildman–Crippen LogP) is 11.9. The molecule has 0 fully saturated rings. The fourth-order valence-corrected chi connectivity index (χ4v) is 7.13. The number of hydrogen-bond acceptors (Lipinski definition) is 2. The van der Waals surface area contributed by atoms with E-state index in [0.717, 1.165) is 77.1 Å². The number of aromatic nitrogens is 1. The number of rotatable bonds is 3. The van der Waals surface area contributed by atoms with Crippen LogP contribution in [0.1, 0.15) is 0 Å². The molecule has 0 aliphatic rings. The average Bonchev–Trinajstić information content (AvgIpc) is 3.78. The molecular formula is C42H25NO2. The van der Waals surface area contributed by atoms with Gasteiger partial charge in [-0.15, -0.1) is 0 Å². The second-order valence-corrected chi connectivity index (χ2v) is 11.7. The van der Waals surface area contributed by atoms with Gasteiger partial charge in [0.15, 0.2) is 0 Å². The van der Waals surface area contributed by atoms with Gasteiger partial charge in [-0.2, -0.15) is 0 Å². The third-order valence-corrected chi connectivity index (χ3v) is 9.24. The van der Waals surface area contributed by atoms with Crippen LogP contribution in [0, 0.1) is 0 Å². The molecule has 0 atom stereocenters. The van der Waals surface area contributed by atoms with Crippen LogP contribution in [0.4, 0.5) is 0 Å². The van der Waals surface area contributed by atoms with E-state index in [-0.39, 0.29) is 0 Å². The lowest BCUT2D eigenvalue weighted by molar-refractivity contribution is 0.670. The summed E-state index contributed by atoms with van der Waals surface area (Å²) in [5.41, 5.74) is 11.7. The molecule has 210 valence electrons.